The van der Waals surface area contributed by atoms with Gasteiger partial charge in [-0.1, -0.05) is 54.1 Å². The molecule has 0 spiro atoms. The molecule has 0 fully saturated rings. The Morgan fingerprint density at radius 1 is 0.970 bits per heavy atom. The van der Waals surface area contributed by atoms with E-state index in [1.807, 2.05) is 30.3 Å². The van der Waals surface area contributed by atoms with Crippen molar-refractivity contribution in [1.29, 1.82) is 10.8 Å². The minimum atomic E-state index is -0.460. The molecule has 33 heavy (non-hydrogen) atoms. The second-order valence-corrected chi connectivity index (χ2v) is 8.05. The van der Waals surface area contributed by atoms with Crippen molar-refractivity contribution in [2.24, 2.45) is 11.5 Å². The first kappa shape index (κ1) is 22.1. The number of aromatic nitrogens is 1. The molecule has 1 heterocycles. The van der Waals surface area contributed by atoms with E-state index in [0.29, 0.717) is 28.1 Å². The van der Waals surface area contributed by atoms with Gasteiger partial charge in [-0.3, -0.25) is 10.8 Å². The summed E-state index contributed by atoms with van der Waals surface area (Å²) in [6.45, 7) is 0. The Morgan fingerprint density at radius 2 is 1.64 bits per heavy atom. The zero-order valence-corrected chi connectivity index (χ0v) is 18.6. The Balaban J connectivity index is 1.91. The normalized spacial score (nSPS) is 10.8. The zero-order chi connectivity index (χ0) is 23.7. The minimum Gasteiger partial charge on any atom is -0.465 e. The molecule has 8 heteroatoms. The molecule has 4 rings (SSSR count). The lowest BCUT2D eigenvalue weighted by atomic mass is 9.95. The second kappa shape index (κ2) is 8.80. The molecule has 166 valence electrons. The zero-order valence-electron chi connectivity index (χ0n) is 17.8. The summed E-state index contributed by atoms with van der Waals surface area (Å²) in [5, 5.41) is 16.8. The lowest BCUT2D eigenvalue weighted by Gasteiger charge is -2.11. The quantitative estimate of drug-likeness (QED) is 0.165. The van der Waals surface area contributed by atoms with Crippen molar-refractivity contribution in [1.82, 2.24) is 4.98 Å². The van der Waals surface area contributed by atoms with Crippen molar-refractivity contribution in [2.45, 2.75) is 6.42 Å². The third kappa shape index (κ3) is 4.31. The third-order valence-corrected chi connectivity index (χ3v) is 5.78. The number of H-pyrrole nitrogens is 1. The first-order chi connectivity index (χ1) is 15.8. The number of methoxy groups -OCH3 is 1. The van der Waals surface area contributed by atoms with E-state index in [9.17, 15) is 4.79 Å². The number of hydrogen-bond donors (Lipinski definition) is 5. The molecule has 0 atom stereocenters. The van der Waals surface area contributed by atoms with Crippen LogP contribution in [0, 0.1) is 10.8 Å². The number of nitrogen functional groups attached to an aromatic ring is 2. The summed E-state index contributed by atoms with van der Waals surface area (Å²) in [5.74, 6) is -0.488. The van der Waals surface area contributed by atoms with E-state index in [4.69, 9.17) is 38.6 Å². The van der Waals surface area contributed by atoms with E-state index in [1.54, 1.807) is 30.3 Å². The number of hydrogen-bond acceptors (Lipinski definition) is 4. The monoisotopic (exact) mass is 459 g/mol. The SMILES string of the molecule is COC(=O)c1cc(Cl)ccc1Cc1c(-c2ccc(C(=N)N)cc2)[nH]c2cc(C(=N)N)ccc12. The molecule has 0 saturated heterocycles. The molecule has 0 radical (unpaired) electrons. The molecular weight excluding hydrogens is 438 g/mol. The number of fused-ring (bicyclic) bond motifs is 1. The van der Waals surface area contributed by atoms with Gasteiger partial charge in [0.25, 0.3) is 0 Å². The summed E-state index contributed by atoms with van der Waals surface area (Å²) in [4.78, 5) is 15.8. The van der Waals surface area contributed by atoms with Gasteiger partial charge in [0.15, 0.2) is 0 Å². The highest BCUT2D eigenvalue weighted by Crippen LogP contribution is 2.34. The number of nitrogens with one attached hydrogen (secondary N) is 3. The molecule has 1 aromatic heterocycles. The fourth-order valence-corrected chi connectivity index (χ4v) is 4.03. The summed E-state index contributed by atoms with van der Waals surface area (Å²) >= 11 is 6.14. The highest BCUT2D eigenvalue weighted by atomic mass is 35.5. The van der Waals surface area contributed by atoms with Crippen molar-refractivity contribution in [3.8, 4) is 11.3 Å². The predicted molar refractivity (Wildman–Crippen MR) is 131 cm³/mol. The minimum absolute atomic E-state index is 0.00611. The average molecular weight is 460 g/mol. The molecule has 0 aliphatic heterocycles. The van der Waals surface area contributed by atoms with Crippen LogP contribution in [-0.4, -0.2) is 29.7 Å². The smallest absolute Gasteiger partial charge is 0.338 e. The first-order valence-corrected chi connectivity index (χ1v) is 10.5. The molecule has 7 nitrogen and oxygen atoms in total. The van der Waals surface area contributed by atoms with Crippen LogP contribution < -0.4 is 11.5 Å². The van der Waals surface area contributed by atoms with Crippen LogP contribution in [0.1, 0.15) is 32.6 Å². The van der Waals surface area contributed by atoms with Crippen LogP contribution in [0.5, 0.6) is 0 Å². The third-order valence-electron chi connectivity index (χ3n) is 5.55. The number of halogens is 1. The van der Waals surface area contributed by atoms with Crippen LogP contribution in [0.3, 0.4) is 0 Å². The van der Waals surface area contributed by atoms with Gasteiger partial charge in [0.05, 0.1) is 18.4 Å². The highest BCUT2D eigenvalue weighted by Gasteiger charge is 2.19. The summed E-state index contributed by atoms with van der Waals surface area (Å²) in [5.41, 5.74) is 17.2. The number of benzene rings is 3. The Kier molecular flexibility index (Phi) is 5.89. The standard InChI is InChI=1S/C25H22ClN5O2/c1-33-25(32)19-12-17(26)8-6-15(19)10-20-18-9-7-16(24(29)30)11-21(18)31-22(20)13-2-4-14(5-3-13)23(27)28/h2-9,11-12,31H,10H2,1H3,(H3,27,28)(H3,29,30). The number of aromatic amines is 1. The lowest BCUT2D eigenvalue weighted by Crippen LogP contribution is -2.10. The van der Waals surface area contributed by atoms with Crippen LogP contribution in [0.4, 0.5) is 0 Å². The van der Waals surface area contributed by atoms with Crippen molar-refractivity contribution in [3.05, 3.63) is 93.5 Å². The molecule has 0 saturated carbocycles. The van der Waals surface area contributed by atoms with E-state index in [0.717, 1.165) is 33.3 Å². The molecule has 0 amide bonds. The number of esters is 1. The number of rotatable bonds is 6. The van der Waals surface area contributed by atoms with Gasteiger partial charge in [0.2, 0.25) is 0 Å². The Bertz CT molecular complexity index is 1410. The summed E-state index contributed by atoms with van der Waals surface area (Å²) < 4.78 is 4.96. The highest BCUT2D eigenvalue weighted by molar-refractivity contribution is 6.31. The van der Waals surface area contributed by atoms with E-state index in [1.165, 1.54) is 7.11 Å². The van der Waals surface area contributed by atoms with Crippen LogP contribution in [0.25, 0.3) is 22.2 Å². The Labute approximate surface area is 195 Å². The summed E-state index contributed by atoms with van der Waals surface area (Å²) in [6.07, 6.45) is 0.435. The number of nitrogens with two attached hydrogens (primary N) is 2. The number of carbonyl (C=O) groups is 1. The number of ether oxygens (including phenoxy) is 1. The molecule has 3 aromatic carbocycles. The van der Waals surface area contributed by atoms with Crippen molar-refractivity contribution in [3.63, 3.8) is 0 Å². The number of amidine groups is 2. The van der Waals surface area contributed by atoms with Crippen molar-refractivity contribution in [2.75, 3.05) is 7.11 Å². The van der Waals surface area contributed by atoms with Crippen LogP contribution >= 0.6 is 11.6 Å². The van der Waals surface area contributed by atoms with E-state index in [-0.39, 0.29) is 11.7 Å². The van der Waals surface area contributed by atoms with Gasteiger partial charge in [0.1, 0.15) is 11.7 Å². The van der Waals surface area contributed by atoms with Gasteiger partial charge >= 0.3 is 5.97 Å². The lowest BCUT2D eigenvalue weighted by molar-refractivity contribution is 0.0599. The van der Waals surface area contributed by atoms with Gasteiger partial charge in [0, 0.05) is 33.5 Å². The molecule has 0 bridgehead atoms. The first-order valence-electron chi connectivity index (χ1n) is 10.1. The van der Waals surface area contributed by atoms with Gasteiger partial charge in [-0.15, -0.1) is 0 Å². The van der Waals surface area contributed by atoms with Gasteiger partial charge in [-0.2, -0.15) is 0 Å². The Hall–Kier alpha value is -4.10. The van der Waals surface area contributed by atoms with E-state index >= 15 is 0 Å². The van der Waals surface area contributed by atoms with Gasteiger partial charge in [-0.25, -0.2) is 4.79 Å². The largest absolute Gasteiger partial charge is 0.465 e. The van der Waals surface area contributed by atoms with Gasteiger partial charge < -0.3 is 21.2 Å². The Morgan fingerprint density at radius 3 is 2.27 bits per heavy atom. The second-order valence-electron chi connectivity index (χ2n) is 7.61. The molecule has 0 aliphatic carbocycles. The summed E-state index contributed by atoms with van der Waals surface area (Å²) in [7, 11) is 1.34. The topological polar surface area (TPSA) is 142 Å². The molecule has 4 aromatic rings. The maximum Gasteiger partial charge on any atom is 0.338 e. The average Bonchev–Trinajstić information content (AvgIpc) is 3.17. The van der Waals surface area contributed by atoms with E-state index < -0.39 is 5.97 Å². The van der Waals surface area contributed by atoms with Crippen LogP contribution in [0.15, 0.2) is 60.7 Å². The molecule has 0 aliphatic rings. The van der Waals surface area contributed by atoms with E-state index in [2.05, 4.69) is 4.98 Å². The molecular formula is C25H22ClN5O2. The van der Waals surface area contributed by atoms with Crippen LogP contribution in [-0.2, 0) is 11.2 Å². The van der Waals surface area contributed by atoms with Crippen molar-refractivity contribution < 1.29 is 9.53 Å². The van der Waals surface area contributed by atoms with Gasteiger partial charge in [-0.05, 0) is 34.9 Å². The fraction of sp³-hybridized carbons (Fsp3) is 0.0800. The maximum absolute atomic E-state index is 12.4. The number of carbonyl (C=O) groups excluding carboxylic acids is 1. The molecule has 7 N–H and O–H groups in total. The van der Waals surface area contributed by atoms with Crippen molar-refractivity contribution >= 4 is 40.1 Å². The fourth-order valence-electron chi connectivity index (χ4n) is 3.86. The predicted octanol–water partition coefficient (Wildman–Crippen LogP) is 4.43. The molecule has 0 unspecified atom stereocenters. The summed E-state index contributed by atoms with van der Waals surface area (Å²) in [6, 6.07) is 18.1. The maximum atomic E-state index is 12.4. The van der Waals surface area contributed by atoms with Crippen LogP contribution in [0.2, 0.25) is 5.02 Å².